The third kappa shape index (κ3) is 6.01. The maximum absolute atomic E-state index is 11.5. The van der Waals surface area contributed by atoms with Crippen LogP contribution in [0.25, 0.3) is 0 Å². The van der Waals surface area contributed by atoms with Crippen LogP contribution in [0, 0.1) is 5.92 Å². The van der Waals surface area contributed by atoms with E-state index in [1.807, 2.05) is 0 Å². The zero-order valence-corrected chi connectivity index (χ0v) is 14.6. The molecular formula is C15H22ClNO5S. The molecule has 2 rings (SSSR count). The third-order valence-electron chi connectivity index (χ3n) is 3.76. The molecule has 8 heteroatoms. The van der Waals surface area contributed by atoms with Crippen LogP contribution in [0.15, 0.2) is 29.2 Å². The van der Waals surface area contributed by atoms with Crippen LogP contribution in [0.2, 0.25) is 0 Å². The van der Waals surface area contributed by atoms with Crippen molar-refractivity contribution >= 4 is 28.2 Å². The lowest BCUT2D eigenvalue weighted by atomic mass is 9.98. The molecule has 0 saturated carbocycles. The molecule has 1 unspecified atom stereocenters. The smallest absolute Gasteiger partial charge is 0.307 e. The number of carboxylic acids is 1. The van der Waals surface area contributed by atoms with Gasteiger partial charge in [0.05, 0.1) is 10.8 Å². The Morgan fingerprint density at radius 1 is 1.43 bits per heavy atom. The summed E-state index contributed by atoms with van der Waals surface area (Å²) in [6.07, 6.45) is 2.76. The second kappa shape index (κ2) is 8.52. The van der Waals surface area contributed by atoms with Gasteiger partial charge in [-0.2, -0.15) is 0 Å². The van der Waals surface area contributed by atoms with Crippen LogP contribution >= 0.6 is 12.4 Å². The quantitative estimate of drug-likeness (QED) is 0.828. The van der Waals surface area contributed by atoms with Gasteiger partial charge in [0.1, 0.15) is 12.4 Å². The first-order valence-electron chi connectivity index (χ1n) is 7.24. The highest BCUT2D eigenvalue weighted by atomic mass is 35.5. The molecule has 0 spiro atoms. The normalized spacial score (nSPS) is 18.9. The van der Waals surface area contributed by atoms with Gasteiger partial charge in [-0.1, -0.05) is 6.07 Å². The van der Waals surface area contributed by atoms with Gasteiger partial charge < -0.3 is 9.84 Å². The Bertz CT molecular complexity index is 635. The molecule has 1 heterocycles. The molecule has 0 bridgehead atoms. The van der Waals surface area contributed by atoms with E-state index in [0.29, 0.717) is 25.4 Å². The molecule has 0 aliphatic carbocycles. The van der Waals surface area contributed by atoms with Crippen molar-refractivity contribution in [3.63, 3.8) is 0 Å². The summed E-state index contributed by atoms with van der Waals surface area (Å²) in [4.78, 5) is 13.3. The monoisotopic (exact) mass is 363 g/mol. The number of carboxylic acid groups (broad SMARTS) is 1. The second-order valence-corrected chi connectivity index (χ2v) is 7.59. The Kier molecular flexibility index (Phi) is 7.31. The van der Waals surface area contributed by atoms with Gasteiger partial charge in [-0.25, -0.2) is 8.42 Å². The number of hydrogen-bond acceptors (Lipinski definition) is 5. The van der Waals surface area contributed by atoms with Gasteiger partial charge in [-0.15, -0.1) is 12.4 Å². The Hall–Kier alpha value is -1.31. The Labute approximate surface area is 142 Å². The highest BCUT2D eigenvalue weighted by Crippen LogP contribution is 2.18. The van der Waals surface area contributed by atoms with Crippen LogP contribution in [0.5, 0.6) is 5.75 Å². The fourth-order valence-electron chi connectivity index (χ4n) is 2.55. The Morgan fingerprint density at radius 2 is 2.17 bits per heavy atom. The fourth-order valence-corrected chi connectivity index (χ4v) is 3.20. The summed E-state index contributed by atoms with van der Waals surface area (Å²) in [5.41, 5.74) is 0. The van der Waals surface area contributed by atoms with Crippen molar-refractivity contribution in [2.45, 2.75) is 17.7 Å². The van der Waals surface area contributed by atoms with Gasteiger partial charge in [-0.3, -0.25) is 9.69 Å². The number of ether oxygens (including phenoxy) is 1. The van der Waals surface area contributed by atoms with Gasteiger partial charge in [-0.05, 0) is 37.6 Å². The van der Waals surface area contributed by atoms with E-state index < -0.39 is 15.8 Å². The van der Waals surface area contributed by atoms with E-state index in [4.69, 9.17) is 9.84 Å². The molecule has 1 aromatic carbocycles. The Balaban J connectivity index is 0.00000264. The fraction of sp³-hybridized carbons (Fsp3) is 0.533. The number of likely N-dealkylation sites (tertiary alicyclic amines) is 1. The summed E-state index contributed by atoms with van der Waals surface area (Å²) >= 11 is 0. The standard InChI is InChI=1S/C15H21NO5S.ClH/c1-22(19,20)14-6-2-5-13(10-14)21-9-8-16-7-3-4-12(11-16)15(17)18;/h2,5-6,10,12H,3-4,7-9,11H2,1H3,(H,17,18);1H. The number of benzene rings is 1. The zero-order chi connectivity index (χ0) is 16.2. The average Bonchev–Trinajstić information content (AvgIpc) is 2.47. The van der Waals surface area contributed by atoms with Crippen molar-refractivity contribution in [1.82, 2.24) is 4.90 Å². The number of sulfone groups is 1. The molecule has 1 fully saturated rings. The largest absolute Gasteiger partial charge is 0.492 e. The average molecular weight is 364 g/mol. The number of hydrogen-bond donors (Lipinski definition) is 1. The second-order valence-electron chi connectivity index (χ2n) is 5.57. The minimum absolute atomic E-state index is 0. The molecule has 1 saturated heterocycles. The van der Waals surface area contributed by atoms with E-state index >= 15 is 0 Å². The lowest BCUT2D eigenvalue weighted by Gasteiger charge is -2.30. The molecule has 6 nitrogen and oxygen atoms in total. The van der Waals surface area contributed by atoms with Crippen molar-refractivity contribution in [1.29, 1.82) is 0 Å². The van der Waals surface area contributed by atoms with E-state index in [-0.39, 0.29) is 23.2 Å². The summed E-state index contributed by atoms with van der Waals surface area (Å²) in [5.74, 6) is -0.538. The molecule has 130 valence electrons. The van der Waals surface area contributed by atoms with Crippen LogP contribution in [0.4, 0.5) is 0 Å². The molecule has 23 heavy (non-hydrogen) atoms. The molecule has 1 N–H and O–H groups in total. The van der Waals surface area contributed by atoms with E-state index in [9.17, 15) is 13.2 Å². The zero-order valence-electron chi connectivity index (χ0n) is 13.0. The van der Waals surface area contributed by atoms with Gasteiger partial charge in [0, 0.05) is 19.3 Å². The van der Waals surface area contributed by atoms with Gasteiger partial charge in [0.2, 0.25) is 0 Å². The predicted molar refractivity (Wildman–Crippen MR) is 89.1 cm³/mol. The minimum Gasteiger partial charge on any atom is -0.492 e. The number of nitrogens with zero attached hydrogens (tertiary/aromatic N) is 1. The van der Waals surface area contributed by atoms with Crippen LogP contribution in [0.3, 0.4) is 0 Å². The number of rotatable bonds is 6. The first kappa shape index (κ1) is 19.7. The maximum atomic E-state index is 11.5. The van der Waals surface area contributed by atoms with Gasteiger partial charge in [0.25, 0.3) is 0 Å². The number of aliphatic carboxylic acids is 1. The lowest BCUT2D eigenvalue weighted by molar-refractivity contribution is -0.143. The van der Waals surface area contributed by atoms with Gasteiger partial charge in [0.15, 0.2) is 9.84 Å². The van der Waals surface area contributed by atoms with Crippen molar-refractivity contribution in [3.8, 4) is 5.75 Å². The molecule has 1 aliphatic heterocycles. The van der Waals surface area contributed by atoms with E-state index in [1.165, 1.54) is 12.1 Å². The topological polar surface area (TPSA) is 83.9 Å². The molecule has 0 amide bonds. The molecule has 1 atom stereocenters. The first-order valence-corrected chi connectivity index (χ1v) is 9.13. The molecule has 1 aliphatic rings. The van der Waals surface area contributed by atoms with Crippen molar-refractivity contribution in [3.05, 3.63) is 24.3 Å². The van der Waals surface area contributed by atoms with Crippen molar-refractivity contribution in [2.24, 2.45) is 5.92 Å². The molecular weight excluding hydrogens is 342 g/mol. The summed E-state index contributed by atoms with van der Waals surface area (Å²) in [6.45, 7) is 2.45. The maximum Gasteiger partial charge on any atom is 0.307 e. The van der Waals surface area contributed by atoms with Crippen molar-refractivity contribution in [2.75, 3.05) is 32.5 Å². The summed E-state index contributed by atoms with van der Waals surface area (Å²) in [5, 5.41) is 9.05. The molecule has 1 aromatic rings. The number of halogens is 1. The summed E-state index contributed by atoms with van der Waals surface area (Å²) in [7, 11) is -3.24. The molecule has 0 radical (unpaired) electrons. The van der Waals surface area contributed by atoms with Crippen LogP contribution in [-0.4, -0.2) is 56.9 Å². The van der Waals surface area contributed by atoms with E-state index in [2.05, 4.69) is 4.90 Å². The van der Waals surface area contributed by atoms with Crippen LogP contribution in [0.1, 0.15) is 12.8 Å². The van der Waals surface area contributed by atoms with Crippen LogP contribution in [-0.2, 0) is 14.6 Å². The minimum atomic E-state index is -3.24. The molecule has 0 aromatic heterocycles. The summed E-state index contributed by atoms with van der Waals surface area (Å²) in [6, 6.07) is 6.40. The highest BCUT2D eigenvalue weighted by Gasteiger charge is 2.24. The van der Waals surface area contributed by atoms with E-state index in [1.54, 1.807) is 12.1 Å². The van der Waals surface area contributed by atoms with E-state index in [0.717, 1.165) is 25.6 Å². The van der Waals surface area contributed by atoms with Crippen molar-refractivity contribution < 1.29 is 23.1 Å². The van der Waals surface area contributed by atoms with Gasteiger partial charge >= 0.3 is 5.97 Å². The summed E-state index contributed by atoms with van der Waals surface area (Å²) < 4.78 is 28.6. The highest BCUT2D eigenvalue weighted by molar-refractivity contribution is 7.90. The lowest BCUT2D eigenvalue weighted by Crippen LogP contribution is -2.40. The number of piperidine rings is 1. The SMILES string of the molecule is CS(=O)(=O)c1cccc(OCCN2CCCC(C(=O)O)C2)c1.Cl. The Morgan fingerprint density at radius 3 is 2.83 bits per heavy atom. The predicted octanol–water partition coefficient (Wildman–Crippen LogP) is 1.69. The third-order valence-corrected chi connectivity index (χ3v) is 4.87. The first-order chi connectivity index (χ1) is 10.4. The number of carbonyl (C=O) groups is 1. The van der Waals surface area contributed by atoms with Crippen LogP contribution < -0.4 is 4.74 Å².